The molecule has 0 atom stereocenters. The minimum atomic E-state index is -4.38. The summed E-state index contributed by atoms with van der Waals surface area (Å²) < 4.78 is 51.8. The van der Waals surface area contributed by atoms with Gasteiger partial charge in [0.25, 0.3) is 0 Å². The Morgan fingerprint density at radius 3 is 2.24 bits per heavy atom. The summed E-state index contributed by atoms with van der Waals surface area (Å²) in [4.78, 5) is 0. The zero-order chi connectivity index (χ0) is 15.6. The monoisotopic (exact) mass is 297 g/mol. The Labute approximate surface area is 120 Å². The van der Waals surface area contributed by atoms with Gasteiger partial charge in [-0.1, -0.05) is 18.2 Å². The Morgan fingerprint density at radius 2 is 1.62 bits per heavy atom. The highest BCUT2D eigenvalue weighted by atomic mass is 19.4. The third-order valence-electron chi connectivity index (χ3n) is 3.28. The fourth-order valence-corrected chi connectivity index (χ4v) is 1.99. The van der Waals surface area contributed by atoms with E-state index in [2.05, 4.69) is 5.32 Å². The van der Waals surface area contributed by atoms with Gasteiger partial charge in [0, 0.05) is 12.2 Å². The molecule has 2 rings (SSSR count). The summed E-state index contributed by atoms with van der Waals surface area (Å²) in [5, 5.41) is 2.88. The van der Waals surface area contributed by atoms with Crippen molar-refractivity contribution < 1.29 is 17.6 Å². The van der Waals surface area contributed by atoms with E-state index in [4.69, 9.17) is 0 Å². The summed E-state index contributed by atoms with van der Waals surface area (Å²) in [6.45, 7) is 3.33. The zero-order valence-corrected chi connectivity index (χ0v) is 11.7. The van der Waals surface area contributed by atoms with E-state index in [1.54, 1.807) is 25.1 Å². The van der Waals surface area contributed by atoms with Gasteiger partial charge in [-0.05, 0) is 48.7 Å². The van der Waals surface area contributed by atoms with Crippen molar-refractivity contribution in [2.24, 2.45) is 0 Å². The van der Waals surface area contributed by atoms with Crippen molar-refractivity contribution in [1.82, 2.24) is 0 Å². The average molecular weight is 297 g/mol. The van der Waals surface area contributed by atoms with Crippen LogP contribution in [0.4, 0.5) is 23.2 Å². The van der Waals surface area contributed by atoms with Crippen LogP contribution >= 0.6 is 0 Å². The lowest BCUT2D eigenvalue weighted by Gasteiger charge is -2.13. The summed E-state index contributed by atoms with van der Waals surface area (Å²) in [6, 6.07) is 8.82. The van der Waals surface area contributed by atoms with Gasteiger partial charge < -0.3 is 5.32 Å². The van der Waals surface area contributed by atoms with Gasteiger partial charge in [0.15, 0.2) is 0 Å². The van der Waals surface area contributed by atoms with Gasteiger partial charge in [-0.3, -0.25) is 0 Å². The molecular weight excluding hydrogens is 282 g/mol. The van der Waals surface area contributed by atoms with Crippen molar-refractivity contribution in [3.8, 4) is 0 Å². The third-order valence-corrected chi connectivity index (χ3v) is 3.28. The molecule has 1 nitrogen and oxygen atoms in total. The summed E-state index contributed by atoms with van der Waals surface area (Å²) in [5.41, 5.74) is 1.08. The van der Waals surface area contributed by atoms with Gasteiger partial charge >= 0.3 is 6.18 Å². The predicted octanol–water partition coefficient (Wildman–Crippen LogP) is 5.07. The number of anilines is 1. The molecule has 0 bridgehead atoms. The molecule has 0 aliphatic heterocycles. The fourth-order valence-electron chi connectivity index (χ4n) is 1.99. The number of benzene rings is 2. The standard InChI is InChI=1S/C16H15F4N/c1-10-4-6-13(8-14(10)16(18,19)20)21-9-12-5-3-11(2)15(17)7-12/h3-8,21H,9H2,1-2H3. The Bertz CT molecular complexity index is 647. The highest BCUT2D eigenvalue weighted by Gasteiger charge is 2.32. The lowest BCUT2D eigenvalue weighted by atomic mass is 10.1. The number of aryl methyl sites for hydroxylation is 2. The van der Waals surface area contributed by atoms with Crippen LogP contribution in [0.5, 0.6) is 0 Å². The van der Waals surface area contributed by atoms with E-state index in [0.717, 1.165) is 6.07 Å². The van der Waals surface area contributed by atoms with Crippen molar-refractivity contribution in [1.29, 1.82) is 0 Å². The summed E-state index contributed by atoms with van der Waals surface area (Å²) >= 11 is 0. The largest absolute Gasteiger partial charge is 0.416 e. The molecule has 2 aromatic carbocycles. The van der Waals surface area contributed by atoms with Gasteiger partial charge in [-0.25, -0.2) is 4.39 Å². The van der Waals surface area contributed by atoms with Crippen LogP contribution < -0.4 is 5.32 Å². The fraction of sp³-hybridized carbons (Fsp3) is 0.250. The Kier molecular flexibility index (Phi) is 4.21. The van der Waals surface area contributed by atoms with E-state index < -0.39 is 11.7 Å². The quantitative estimate of drug-likeness (QED) is 0.780. The van der Waals surface area contributed by atoms with Crippen LogP contribution in [-0.2, 0) is 12.7 Å². The maximum absolute atomic E-state index is 13.4. The van der Waals surface area contributed by atoms with Crippen molar-refractivity contribution >= 4 is 5.69 Å². The summed E-state index contributed by atoms with van der Waals surface area (Å²) in [5.74, 6) is -0.325. The number of hydrogen-bond acceptors (Lipinski definition) is 1. The first kappa shape index (κ1) is 15.4. The normalized spacial score (nSPS) is 11.5. The van der Waals surface area contributed by atoms with Crippen LogP contribution in [0.2, 0.25) is 0 Å². The van der Waals surface area contributed by atoms with E-state index in [1.165, 1.54) is 19.1 Å². The van der Waals surface area contributed by atoms with Crippen LogP contribution in [0.3, 0.4) is 0 Å². The molecule has 0 fully saturated rings. The predicted molar refractivity (Wildman–Crippen MR) is 74.6 cm³/mol. The topological polar surface area (TPSA) is 12.0 Å². The highest BCUT2D eigenvalue weighted by Crippen LogP contribution is 2.33. The van der Waals surface area contributed by atoms with Gasteiger partial charge in [-0.15, -0.1) is 0 Å². The molecular formula is C16H15F4N. The molecule has 0 amide bonds. The molecule has 0 aliphatic carbocycles. The van der Waals surface area contributed by atoms with Crippen molar-refractivity contribution in [3.63, 3.8) is 0 Å². The van der Waals surface area contributed by atoms with Crippen molar-refractivity contribution in [2.45, 2.75) is 26.6 Å². The Morgan fingerprint density at radius 1 is 0.952 bits per heavy atom. The van der Waals surface area contributed by atoms with Gasteiger partial charge in [-0.2, -0.15) is 13.2 Å². The zero-order valence-electron chi connectivity index (χ0n) is 11.7. The van der Waals surface area contributed by atoms with Crippen LogP contribution in [0.25, 0.3) is 0 Å². The number of rotatable bonds is 3. The second-order valence-corrected chi connectivity index (χ2v) is 4.96. The van der Waals surface area contributed by atoms with E-state index in [-0.39, 0.29) is 17.9 Å². The SMILES string of the molecule is Cc1ccc(CNc2ccc(C)c(C(F)(F)F)c2)cc1F. The van der Waals surface area contributed by atoms with E-state index in [9.17, 15) is 17.6 Å². The first-order chi connectivity index (χ1) is 9.77. The number of halogens is 4. The van der Waals surface area contributed by atoms with Crippen LogP contribution in [-0.4, -0.2) is 0 Å². The van der Waals surface area contributed by atoms with Gasteiger partial charge in [0.2, 0.25) is 0 Å². The minimum Gasteiger partial charge on any atom is -0.381 e. The molecule has 0 saturated carbocycles. The summed E-state index contributed by atoms with van der Waals surface area (Å²) in [6.07, 6.45) is -4.38. The molecule has 0 radical (unpaired) electrons. The average Bonchev–Trinajstić information content (AvgIpc) is 2.40. The lowest BCUT2D eigenvalue weighted by Crippen LogP contribution is -2.09. The third kappa shape index (κ3) is 3.74. The second-order valence-electron chi connectivity index (χ2n) is 4.96. The molecule has 0 aliphatic rings. The van der Waals surface area contributed by atoms with E-state index in [0.29, 0.717) is 16.8 Å². The number of hydrogen-bond donors (Lipinski definition) is 1. The van der Waals surface area contributed by atoms with E-state index >= 15 is 0 Å². The first-order valence-electron chi connectivity index (χ1n) is 6.44. The molecule has 112 valence electrons. The molecule has 0 saturated heterocycles. The minimum absolute atomic E-state index is 0.175. The number of alkyl halides is 3. The van der Waals surface area contributed by atoms with Crippen LogP contribution in [0.1, 0.15) is 22.3 Å². The highest BCUT2D eigenvalue weighted by molar-refractivity contribution is 5.49. The maximum atomic E-state index is 13.4. The van der Waals surface area contributed by atoms with Gasteiger partial charge in [0.05, 0.1) is 5.56 Å². The molecule has 2 aromatic rings. The Balaban J connectivity index is 2.15. The molecule has 0 unspecified atom stereocenters. The molecule has 5 heteroatoms. The maximum Gasteiger partial charge on any atom is 0.416 e. The summed E-state index contributed by atoms with van der Waals surface area (Å²) in [7, 11) is 0. The second kappa shape index (κ2) is 5.76. The smallest absolute Gasteiger partial charge is 0.381 e. The first-order valence-corrected chi connectivity index (χ1v) is 6.44. The van der Waals surface area contributed by atoms with Crippen molar-refractivity contribution in [2.75, 3.05) is 5.32 Å². The van der Waals surface area contributed by atoms with E-state index in [1.807, 2.05) is 0 Å². The van der Waals surface area contributed by atoms with Crippen LogP contribution in [0, 0.1) is 19.7 Å². The molecule has 21 heavy (non-hydrogen) atoms. The Hall–Kier alpha value is -2.04. The van der Waals surface area contributed by atoms with Gasteiger partial charge in [0.1, 0.15) is 5.82 Å². The van der Waals surface area contributed by atoms with Crippen LogP contribution in [0.15, 0.2) is 36.4 Å². The molecule has 1 N–H and O–H groups in total. The molecule has 0 spiro atoms. The molecule has 0 heterocycles. The molecule has 0 aromatic heterocycles. The van der Waals surface area contributed by atoms with Crippen molar-refractivity contribution in [3.05, 3.63) is 64.5 Å². The lowest BCUT2D eigenvalue weighted by molar-refractivity contribution is -0.138. The number of nitrogens with one attached hydrogen (secondary N) is 1.